The molecule has 0 unspecified atom stereocenters. The minimum Gasteiger partial charge on any atom is -0.481 e. The van der Waals surface area contributed by atoms with Crippen molar-refractivity contribution in [1.29, 1.82) is 0 Å². The first-order chi connectivity index (χ1) is 12.3. The van der Waals surface area contributed by atoms with Gasteiger partial charge in [0.15, 0.2) is 0 Å². The Hall–Kier alpha value is -1.91. The average molecular weight is 370 g/mol. The van der Waals surface area contributed by atoms with E-state index in [0.717, 1.165) is 30.7 Å². The van der Waals surface area contributed by atoms with E-state index < -0.39 is 11.4 Å². The van der Waals surface area contributed by atoms with Crippen molar-refractivity contribution in [3.8, 4) is 0 Å². The molecule has 1 aromatic heterocycles. The van der Waals surface area contributed by atoms with Gasteiger partial charge >= 0.3 is 5.97 Å². The maximum atomic E-state index is 11.7. The van der Waals surface area contributed by atoms with E-state index in [1.54, 1.807) is 25.2 Å². The maximum Gasteiger partial charge on any atom is 0.314 e. The normalized spacial score (nSPS) is 15.7. The van der Waals surface area contributed by atoms with Gasteiger partial charge in [-0.2, -0.15) is 0 Å². The fourth-order valence-corrected chi connectivity index (χ4v) is 4.60. The van der Waals surface area contributed by atoms with Crippen molar-refractivity contribution in [2.45, 2.75) is 38.5 Å². The highest BCUT2D eigenvalue weighted by atomic mass is 32.1. The number of hydrogen-bond donors (Lipinski definition) is 1. The second kappa shape index (κ2) is 7.37. The highest BCUT2D eigenvalue weighted by molar-refractivity contribution is 7.12. The molecule has 1 aliphatic rings. The lowest BCUT2D eigenvalue weighted by molar-refractivity contribution is -0.142. The Balaban J connectivity index is 2.10. The molecule has 0 bridgehead atoms. The maximum absolute atomic E-state index is 11.7. The van der Waals surface area contributed by atoms with Gasteiger partial charge in [0.05, 0.1) is 5.41 Å². The van der Waals surface area contributed by atoms with Crippen molar-refractivity contribution in [3.05, 3.63) is 62.9 Å². The number of carboxylic acid groups (broad SMARTS) is 1. The average Bonchev–Trinajstić information content (AvgIpc) is 2.96. The Labute approximate surface area is 160 Å². The Kier molecular flexibility index (Phi) is 5.35. The summed E-state index contributed by atoms with van der Waals surface area (Å²) in [7, 11) is 4.17. The number of aryl methyl sites for hydroxylation is 2. The van der Waals surface area contributed by atoms with Gasteiger partial charge in [-0.15, -0.1) is 11.3 Å². The van der Waals surface area contributed by atoms with E-state index in [0.29, 0.717) is 0 Å². The summed E-state index contributed by atoms with van der Waals surface area (Å²) < 4.78 is 0. The van der Waals surface area contributed by atoms with Crippen molar-refractivity contribution in [3.63, 3.8) is 0 Å². The van der Waals surface area contributed by atoms with Crippen LogP contribution in [0.3, 0.4) is 0 Å². The summed E-state index contributed by atoms with van der Waals surface area (Å²) in [4.78, 5) is 16.1. The van der Waals surface area contributed by atoms with Crippen molar-refractivity contribution < 1.29 is 9.90 Å². The standard InChI is InChI=1S/C22H27NO2S/c1-22(2,21(24)25)20-14-18-17(10-7-13-23(3)4)16-9-6-5-8-15(16)11-12-19(18)26-20/h5-6,8-10,14H,7,11-13H2,1-4H3,(H,24,25)/b17-10-. The van der Waals surface area contributed by atoms with Crippen LogP contribution < -0.4 is 0 Å². The van der Waals surface area contributed by atoms with Crippen LogP contribution in [0.5, 0.6) is 0 Å². The van der Waals surface area contributed by atoms with Crippen LogP contribution >= 0.6 is 11.3 Å². The van der Waals surface area contributed by atoms with Gasteiger partial charge in [-0.3, -0.25) is 4.79 Å². The number of carbonyl (C=O) groups is 1. The lowest BCUT2D eigenvalue weighted by Crippen LogP contribution is -2.27. The minimum absolute atomic E-state index is 0.771. The quantitative estimate of drug-likeness (QED) is 0.838. The SMILES string of the molecule is CN(C)CC/C=C1/c2ccccc2CCc2sc(C(C)(C)C(=O)O)cc21. The Morgan fingerprint density at radius 1 is 1.23 bits per heavy atom. The zero-order valence-corrected chi connectivity index (χ0v) is 16.8. The van der Waals surface area contributed by atoms with Gasteiger partial charge in [0.2, 0.25) is 0 Å². The third-order valence-electron chi connectivity index (χ3n) is 5.10. The first kappa shape index (κ1) is 18.9. The van der Waals surface area contributed by atoms with Crippen molar-refractivity contribution >= 4 is 22.9 Å². The molecule has 0 aliphatic heterocycles. The Bertz CT molecular complexity index is 846. The van der Waals surface area contributed by atoms with Crippen molar-refractivity contribution in [2.75, 3.05) is 20.6 Å². The molecule has 1 heterocycles. The van der Waals surface area contributed by atoms with Crippen LogP contribution in [-0.4, -0.2) is 36.6 Å². The molecule has 0 amide bonds. The molecule has 1 aliphatic carbocycles. The Morgan fingerprint density at radius 3 is 2.65 bits per heavy atom. The molecule has 2 aromatic rings. The summed E-state index contributed by atoms with van der Waals surface area (Å²) in [6.07, 6.45) is 5.27. The zero-order valence-electron chi connectivity index (χ0n) is 16.0. The Morgan fingerprint density at radius 2 is 1.96 bits per heavy atom. The van der Waals surface area contributed by atoms with Gasteiger partial charge in [0, 0.05) is 16.3 Å². The molecule has 138 valence electrons. The topological polar surface area (TPSA) is 40.5 Å². The number of nitrogens with zero attached hydrogens (tertiary/aromatic N) is 1. The highest BCUT2D eigenvalue weighted by Crippen LogP contribution is 2.41. The largest absolute Gasteiger partial charge is 0.481 e. The van der Waals surface area contributed by atoms with Crippen LogP contribution in [0.4, 0.5) is 0 Å². The first-order valence-corrected chi connectivity index (χ1v) is 9.92. The minimum atomic E-state index is -0.856. The molecule has 1 N–H and O–H groups in total. The van der Waals surface area contributed by atoms with Crippen LogP contribution in [0.1, 0.15) is 46.7 Å². The third-order valence-corrected chi connectivity index (χ3v) is 6.62. The van der Waals surface area contributed by atoms with Gasteiger partial charge in [-0.1, -0.05) is 30.3 Å². The number of thiophene rings is 1. The van der Waals surface area contributed by atoms with Crippen LogP contribution in [0.25, 0.3) is 5.57 Å². The number of fused-ring (bicyclic) bond motifs is 2. The van der Waals surface area contributed by atoms with E-state index >= 15 is 0 Å². The smallest absolute Gasteiger partial charge is 0.314 e. The molecule has 0 atom stereocenters. The second-order valence-corrected chi connectivity index (χ2v) is 8.88. The molecule has 0 fully saturated rings. The number of benzene rings is 1. The fraction of sp³-hybridized carbons (Fsp3) is 0.409. The summed E-state index contributed by atoms with van der Waals surface area (Å²) in [5, 5.41) is 9.62. The molecular formula is C22H27NO2S. The monoisotopic (exact) mass is 369 g/mol. The molecule has 3 rings (SSSR count). The van der Waals surface area contributed by atoms with Crippen LogP contribution in [0, 0.1) is 0 Å². The summed E-state index contributed by atoms with van der Waals surface area (Å²) in [5.74, 6) is -0.771. The molecule has 0 saturated heterocycles. The van der Waals surface area contributed by atoms with Crippen molar-refractivity contribution in [2.24, 2.45) is 0 Å². The van der Waals surface area contributed by atoms with E-state index in [9.17, 15) is 9.90 Å². The highest BCUT2D eigenvalue weighted by Gasteiger charge is 2.33. The molecule has 3 nitrogen and oxygen atoms in total. The molecule has 0 saturated carbocycles. The van der Waals surface area contributed by atoms with E-state index in [2.05, 4.69) is 55.4 Å². The lowest BCUT2D eigenvalue weighted by atomic mass is 9.89. The summed E-state index contributed by atoms with van der Waals surface area (Å²) in [6, 6.07) is 10.7. The van der Waals surface area contributed by atoms with E-state index in [1.807, 2.05) is 0 Å². The van der Waals surface area contributed by atoms with Crippen molar-refractivity contribution in [1.82, 2.24) is 4.90 Å². The molecule has 0 spiro atoms. The number of rotatable bonds is 5. The van der Waals surface area contributed by atoms with E-state index in [4.69, 9.17) is 0 Å². The predicted octanol–water partition coefficient (Wildman–Crippen LogP) is 4.59. The predicted molar refractivity (Wildman–Crippen MR) is 109 cm³/mol. The van der Waals surface area contributed by atoms with E-state index in [1.165, 1.54) is 27.1 Å². The molecule has 4 heteroatoms. The van der Waals surface area contributed by atoms with Crippen LogP contribution in [-0.2, 0) is 23.1 Å². The fourth-order valence-electron chi connectivity index (χ4n) is 3.34. The summed E-state index contributed by atoms with van der Waals surface area (Å²) in [5.41, 5.74) is 4.31. The number of aliphatic carboxylic acids is 1. The van der Waals surface area contributed by atoms with Crippen LogP contribution in [0.2, 0.25) is 0 Å². The van der Waals surface area contributed by atoms with Gasteiger partial charge in [0.1, 0.15) is 0 Å². The summed E-state index contributed by atoms with van der Waals surface area (Å²) >= 11 is 1.67. The molecule has 26 heavy (non-hydrogen) atoms. The zero-order chi connectivity index (χ0) is 18.9. The first-order valence-electron chi connectivity index (χ1n) is 9.11. The van der Waals surface area contributed by atoms with E-state index in [-0.39, 0.29) is 0 Å². The van der Waals surface area contributed by atoms with Gasteiger partial charge in [-0.05, 0) is 75.5 Å². The second-order valence-electron chi connectivity index (χ2n) is 7.74. The van der Waals surface area contributed by atoms with Gasteiger partial charge in [-0.25, -0.2) is 0 Å². The van der Waals surface area contributed by atoms with Gasteiger partial charge in [0.25, 0.3) is 0 Å². The summed E-state index contributed by atoms with van der Waals surface area (Å²) in [6.45, 7) is 4.59. The molecule has 0 radical (unpaired) electrons. The van der Waals surface area contributed by atoms with Gasteiger partial charge < -0.3 is 10.0 Å². The number of carboxylic acids is 1. The molecule has 1 aromatic carbocycles. The van der Waals surface area contributed by atoms with Crippen LogP contribution in [0.15, 0.2) is 36.4 Å². The lowest BCUT2D eigenvalue weighted by Gasteiger charge is -2.17. The number of hydrogen-bond acceptors (Lipinski definition) is 3. The third kappa shape index (κ3) is 3.62. The molecular weight excluding hydrogens is 342 g/mol.